The normalized spacial score (nSPS) is 10.8. The monoisotopic (exact) mass is 387 g/mol. The Balaban J connectivity index is 1.74. The second-order valence-corrected chi connectivity index (χ2v) is 6.40. The van der Waals surface area contributed by atoms with E-state index in [0.29, 0.717) is 11.5 Å². The summed E-state index contributed by atoms with van der Waals surface area (Å²) in [5.74, 6) is 0.366. The fourth-order valence-electron chi connectivity index (χ4n) is 3.18. The van der Waals surface area contributed by atoms with E-state index < -0.39 is 6.09 Å². The second-order valence-electron chi connectivity index (χ2n) is 6.40. The van der Waals surface area contributed by atoms with Gasteiger partial charge in [0, 0.05) is 6.07 Å². The number of benzene rings is 2. The van der Waals surface area contributed by atoms with Crippen molar-refractivity contribution in [3.8, 4) is 0 Å². The number of pyridine rings is 1. The number of fused-ring (bicyclic) bond motifs is 1. The quantitative estimate of drug-likeness (QED) is 0.445. The Morgan fingerprint density at radius 2 is 1.72 bits per heavy atom. The molecule has 1 amide bonds. The van der Waals surface area contributed by atoms with Gasteiger partial charge in [0.05, 0.1) is 24.7 Å². The number of hydrogen-bond acceptors (Lipinski definition) is 5. The van der Waals surface area contributed by atoms with E-state index in [1.165, 1.54) is 0 Å². The van der Waals surface area contributed by atoms with Crippen LogP contribution in [0.1, 0.15) is 24.1 Å². The summed E-state index contributed by atoms with van der Waals surface area (Å²) in [5, 5.41) is 6.23. The summed E-state index contributed by atoms with van der Waals surface area (Å²) in [6.45, 7) is 2.03. The molecular formula is C22H21N5O2. The van der Waals surface area contributed by atoms with Crippen LogP contribution in [-0.4, -0.2) is 27.7 Å². The molecule has 2 aromatic carbocycles. The van der Waals surface area contributed by atoms with Crippen LogP contribution < -0.4 is 10.6 Å². The van der Waals surface area contributed by atoms with E-state index in [1.807, 2.05) is 36.4 Å². The first kappa shape index (κ1) is 18.5. The molecule has 7 nitrogen and oxygen atoms in total. The van der Waals surface area contributed by atoms with E-state index in [-0.39, 0.29) is 12.6 Å². The number of rotatable bonds is 6. The number of ether oxygens (including phenoxy) is 1. The van der Waals surface area contributed by atoms with Gasteiger partial charge in [-0.05, 0) is 18.1 Å². The molecule has 0 aliphatic rings. The lowest BCUT2D eigenvalue weighted by Gasteiger charge is -2.22. The number of aromatic nitrogens is 3. The summed E-state index contributed by atoms with van der Waals surface area (Å²) in [5.41, 5.74) is 4.26. The minimum absolute atomic E-state index is 0.0956. The molecule has 0 aliphatic heterocycles. The predicted molar refractivity (Wildman–Crippen MR) is 113 cm³/mol. The highest BCUT2D eigenvalue weighted by atomic mass is 16.5. The third-order valence-electron chi connectivity index (χ3n) is 4.47. The first-order chi connectivity index (χ1) is 14.2. The van der Waals surface area contributed by atoms with Crippen LogP contribution in [0.15, 0.2) is 73.1 Å². The molecule has 146 valence electrons. The lowest BCUT2D eigenvalue weighted by molar-refractivity contribution is 0.168. The summed E-state index contributed by atoms with van der Waals surface area (Å²) in [6, 6.07) is 22.0. The second kappa shape index (κ2) is 8.43. The maximum atomic E-state index is 11.8. The highest BCUT2D eigenvalue weighted by Crippen LogP contribution is 2.30. The zero-order valence-corrected chi connectivity index (χ0v) is 15.9. The number of nitrogens with zero attached hydrogens (tertiary/aromatic N) is 2. The highest BCUT2D eigenvalue weighted by Gasteiger charge is 2.17. The smallest absolute Gasteiger partial charge is 0.412 e. The molecule has 0 radical (unpaired) electrons. The molecule has 0 bridgehead atoms. The summed E-state index contributed by atoms with van der Waals surface area (Å²) in [6.07, 6.45) is 1.03. The van der Waals surface area contributed by atoms with Crippen molar-refractivity contribution in [2.45, 2.75) is 13.0 Å². The molecule has 0 spiro atoms. The number of imidazole rings is 1. The Kier molecular flexibility index (Phi) is 5.38. The van der Waals surface area contributed by atoms with Gasteiger partial charge in [-0.15, -0.1) is 0 Å². The van der Waals surface area contributed by atoms with Crippen molar-refractivity contribution in [3.63, 3.8) is 0 Å². The number of H-pyrrole nitrogens is 1. The van der Waals surface area contributed by atoms with Crippen LogP contribution in [0.2, 0.25) is 0 Å². The predicted octanol–water partition coefficient (Wildman–Crippen LogP) is 4.73. The van der Waals surface area contributed by atoms with Gasteiger partial charge < -0.3 is 15.0 Å². The van der Waals surface area contributed by atoms with Crippen LogP contribution in [0, 0.1) is 0 Å². The van der Waals surface area contributed by atoms with Crippen molar-refractivity contribution in [1.82, 2.24) is 15.0 Å². The van der Waals surface area contributed by atoms with Gasteiger partial charge >= 0.3 is 6.09 Å². The molecule has 3 N–H and O–H groups in total. The fraction of sp³-hybridized carbons (Fsp3) is 0.136. The molecule has 29 heavy (non-hydrogen) atoms. The van der Waals surface area contributed by atoms with Gasteiger partial charge in [0.2, 0.25) is 0 Å². The Hall–Kier alpha value is -3.87. The Morgan fingerprint density at radius 1 is 1.07 bits per heavy atom. The minimum atomic E-state index is -0.552. The van der Waals surface area contributed by atoms with Crippen LogP contribution in [-0.2, 0) is 4.74 Å². The average molecular weight is 387 g/mol. The van der Waals surface area contributed by atoms with E-state index >= 15 is 0 Å². The molecule has 4 rings (SSSR count). The molecule has 0 saturated carbocycles. The molecule has 0 aliphatic carbocycles. The average Bonchev–Trinajstić information content (AvgIpc) is 3.22. The van der Waals surface area contributed by atoms with Gasteiger partial charge in [0.25, 0.3) is 0 Å². The van der Waals surface area contributed by atoms with Crippen molar-refractivity contribution in [3.05, 3.63) is 84.2 Å². The summed E-state index contributed by atoms with van der Waals surface area (Å²) in [7, 11) is 0. The molecule has 2 heterocycles. The van der Waals surface area contributed by atoms with Gasteiger partial charge in [-0.1, -0.05) is 60.7 Å². The number of anilines is 2. The van der Waals surface area contributed by atoms with E-state index in [0.717, 1.165) is 22.3 Å². The SMILES string of the molecule is CCOC(=O)Nc1cc(NC(c2ccccc2)c2ccccc2)c2[nH]cnc2n1. The summed E-state index contributed by atoms with van der Waals surface area (Å²) in [4.78, 5) is 23.6. The molecule has 0 saturated heterocycles. The first-order valence-electron chi connectivity index (χ1n) is 9.39. The summed E-state index contributed by atoms with van der Waals surface area (Å²) >= 11 is 0. The topological polar surface area (TPSA) is 91.9 Å². The van der Waals surface area contributed by atoms with Crippen molar-refractivity contribution >= 4 is 28.8 Å². The van der Waals surface area contributed by atoms with Gasteiger partial charge in [-0.3, -0.25) is 5.32 Å². The third-order valence-corrected chi connectivity index (χ3v) is 4.47. The van der Waals surface area contributed by atoms with Crippen LogP contribution >= 0.6 is 0 Å². The van der Waals surface area contributed by atoms with Gasteiger partial charge in [-0.2, -0.15) is 0 Å². The maximum Gasteiger partial charge on any atom is 0.412 e. The molecule has 0 unspecified atom stereocenters. The Bertz CT molecular complexity index is 1060. The standard InChI is InChI=1S/C22H21N5O2/c1-2-29-22(28)27-18-13-17(20-21(26-18)24-14-23-20)25-19(15-9-5-3-6-10-15)16-11-7-4-8-12-16/h3-14,19H,2H2,1H3,(H3,23,24,25,26,27,28). The number of hydrogen-bond donors (Lipinski definition) is 3. The van der Waals surface area contributed by atoms with Crippen LogP contribution in [0.4, 0.5) is 16.3 Å². The summed E-state index contributed by atoms with van der Waals surface area (Å²) < 4.78 is 4.96. The molecule has 7 heteroatoms. The van der Waals surface area contributed by atoms with E-state index in [1.54, 1.807) is 19.3 Å². The van der Waals surface area contributed by atoms with Crippen LogP contribution in [0.3, 0.4) is 0 Å². The zero-order valence-electron chi connectivity index (χ0n) is 15.9. The van der Waals surface area contributed by atoms with Gasteiger partial charge in [-0.25, -0.2) is 14.8 Å². The van der Waals surface area contributed by atoms with E-state index in [4.69, 9.17) is 4.74 Å². The fourth-order valence-corrected chi connectivity index (χ4v) is 3.18. The number of carbonyl (C=O) groups is 1. The first-order valence-corrected chi connectivity index (χ1v) is 9.39. The number of nitrogens with one attached hydrogen (secondary N) is 3. The highest BCUT2D eigenvalue weighted by molar-refractivity contribution is 5.91. The minimum Gasteiger partial charge on any atom is -0.450 e. The van der Waals surface area contributed by atoms with Crippen molar-refractivity contribution in [2.75, 3.05) is 17.2 Å². The molecule has 0 atom stereocenters. The number of amides is 1. The number of aromatic amines is 1. The molecule has 4 aromatic rings. The van der Waals surface area contributed by atoms with Gasteiger partial charge in [0.1, 0.15) is 11.3 Å². The largest absolute Gasteiger partial charge is 0.450 e. The van der Waals surface area contributed by atoms with E-state index in [9.17, 15) is 4.79 Å². The third kappa shape index (κ3) is 4.19. The molecule has 0 fully saturated rings. The Morgan fingerprint density at radius 3 is 2.34 bits per heavy atom. The lowest BCUT2D eigenvalue weighted by atomic mass is 9.98. The van der Waals surface area contributed by atoms with Gasteiger partial charge in [0.15, 0.2) is 5.65 Å². The number of carbonyl (C=O) groups excluding carboxylic acids is 1. The van der Waals surface area contributed by atoms with Crippen LogP contribution in [0.5, 0.6) is 0 Å². The lowest BCUT2D eigenvalue weighted by Crippen LogP contribution is -2.16. The van der Waals surface area contributed by atoms with Crippen LogP contribution in [0.25, 0.3) is 11.2 Å². The van der Waals surface area contributed by atoms with Crippen molar-refractivity contribution in [2.24, 2.45) is 0 Å². The van der Waals surface area contributed by atoms with Crippen molar-refractivity contribution < 1.29 is 9.53 Å². The maximum absolute atomic E-state index is 11.8. The zero-order chi connectivity index (χ0) is 20.1. The van der Waals surface area contributed by atoms with Crippen molar-refractivity contribution in [1.29, 1.82) is 0 Å². The van der Waals surface area contributed by atoms with E-state index in [2.05, 4.69) is 49.9 Å². The molecule has 2 aromatic heterocycles. The molecular weight excluding hydrogens is 366 g/mol. The Labute approximate surface area is 168 Å².